The summed E-state index contributed by atoms with van der Waals surface area (Å²) in [7, 11) is 0. The molecule has 5 nitrogen and oxygen atoms in total. The Balaban J connectivity index is 0.00000361. The summed E-state index contributed by atoms with van der Waals surface area (Å²) < 4.78 is 0. The van der Waals surface area contributed by atoms with E-state index in [4.69, 9.17) is 5.73 Å². The minimum absolute atomic E-state index is 0. The van der Waals surface area contributed by atoms with Crippen molar-refractivity contribution in [3.63, 3.8) is 0 Å². The number of nitrogens with two attached hydrogens (primary N) is 1. The lowest BCUT2D eigenvalue weighted by molar-refractivity contribution is -0.135. The first-order valence-corrected chi connectivity index (χ1v) is 7.17. The Labute approximate surface area is 128 Å². The van der Waals surface area contributed by atoms with Gasteiger partial charge in [-0.05, 0) is 18.8 Å². The Morgan fingerprint density at radius 2 is 1.65 bits per heavy atom. The third-order valence-electron chi connectivity index (χ3n) is 3.67. The van der Waals surface area contributed by atoms with E-state index in [2.05, 4.69) is 5.32 Å². The highest BCUT2D eigenvalue weighted by Gasteiger charge is 2.26. The number of piperidine rings is 1. The number of rotatable bonds is 4. The molecule has 0 aromatic carbocycles. The first-order chi connectivity index (χ1) is 8.82. The molecule has 0 saturated carbocycles. The van der Waals surface area contributed by atoms with Gasteiger partial charge in [-0.15, -0.1) is 12.4 Å². The van der Waals surface area contributed by atoms with Crippen LogP contribution in [-0.2, 0) is 9.59 Å². The lowest BCUT2D eigenvalue weighted by Gasteiger charge is -2.34. The molecular formula is C14H28ClN3O2. The van der Waals surface area contributed by atoms with Gasteiger partial charge in [0, 0.05) is 25.0 Å². The molecule has 2 amide bonds. The number of nitrogens with zero attached hydrogens (tertiary/aromatic N) is 1. The summed E-state index contributed by atoms with van der Waals surface area (Å²) in [5, 5.41) is 2.99. The molecular weight excluding hydrogens is 278 g/mol. The van der Waals surface area contributed by atoms with Gasteiger partial charge >= 0.3 is 0 Å². The van der Waals surface area contributed by atoms with Crippen LogP contribution in [0.2, 0.25) is 0 Å². The number of carbonyl (C=O) groups is 2. The van der Waals surface area contributed by atoms with E-state index >= 15 is 0 Å². The molecule has 0 bridgehead atoms. The Bertz CT molecular complexity index is 326. The summed E-state index contributed by atoms with van der Waals surface area (Å²) in [5.41, 5.74) is 5.82. The van der Waals surface area contributed by atoms with Crippen molar-refractivity contribution < 1.29 is 9.59 Å². The smallest absolute Gasteiger partial charge is 0.237 e. The quantitative estimate of drug-likeness (QED) is 0.818. The number of halogens is 1. The Hall–Kier alpha value is -0.810. The standard InChI is InChI=1S/C14H27N3O2.ClH/c1-9(2)12(15)13(18)16-11-5-7-17(8-6-11)14(19)10(3)4;/h9-12H,5-8,15H2,1-4H3,(H,16,18);1H. The van der Waals surface area contributed by atoms with Crippen LogP contribution >= 0.6 is 12.4 Å². The number of hydrogen-bond donors (Lipinski definition) is 2. The zero-order valence-corrected chi connectivity index (χ0v) is 13.7. The fourth-order valence-electron chi connectivity index (χ4n) is 2.21. The second-order valence-corrected chi connectivity index (χ2v) is 6.03. The predicted molar refractivity (Wildman–Crippen MR) is 82.6 cm³/mol. The topological polar surface area (TPSA) is 75.4 Å². The van der Waals surface area contributed by atoms with Crippen LogP contribution in [-0.4, -0.2) is 41.9 Å². The van der Waals surface area contributed by atoms with Gasteiger partial charge in [0.25, 0.3) is 0 Å². The maximum atomic E-state index is 11.9. The van der Waals surface area contributed by atoms with Crippen LogP contribution in [0.25, 0.3) is 0 Å². The average molecular weight is 306 g/mol. The molecule has 1 heterocycles. The van der Waals surface area contributed by atoms with Gasteiger partial charge in [0.1, 0.15) is 0 Å². The number of amides is 2. The monoisotopic (exact) mass is 305 g/mol. The Kier molecular flexibility index (Phi) is 8.13. The maximum Gasteiger partial charge on any atom is 0.237 e. The molecule has 6 heteroatoms. The van der Waals surface area contributed by atoms with Crippen molar-refractivity contribution in [1.82, 2.24) is 10.2 Å². The lowest BCUT2D eigenvalue weighted by Crippen LogP contribution is -2.52. The maximum absolute atomic E-state index is 11.9. The zero-order chi connectivity index (χ0) is 14.6. The summed E-state index contributed by atoms with van der Waals surface area (Å²) in [6.45, 7) is 9.15. The van der Waals surface area contributed by atoms with Crippen LogP contribution in [0.4, 0.5) is 0 Å². The van der Waals surface area contributed by atoms with Crippen molar-refractivity contribution in [3.8, 4) is 0 Å². The van der Waals surface area contributed by atoms with Gasteiger partial charge in [-0.1, -0.05) is 27.7 Å². The van der Waals surface area contributed by atoms with E-state index in [0.29, 0.717) is 0 Å². The lowest BCUT2D eigenvalue weighted by atomic mass is 10.0. The third kappa shape index (κ3) is 5.29. The van der Waals surface area contributed by atoms with Crippen LogP contribution < -0.4 is 11.1 Å². The van der Waals surface area contributed by atoms with E-state index < -0.39 is 6.04 Å². The summed E-state index contributed by atoms with van der Waals surface area (Å²) >= 11 is 0. The highest BCUT2D eigenvalue weighted by molar-refractivity contribution is 5.85. The van der Waals surface area contributed by atoms with Crippen molar-refractivity contribution in [2.45, 2.75) is 52.6 Å². The predicted octanol–water partition coefficient (Wildman–Crippen LogP) is 1.15. The second-order valence-electron chi connectivity index (χ2n) is 6.03. The fraction of sp³-hybridized carbons (Fsp3) is 0.857. The van der Waals surface area contributed by atoms with Crippen molar-refractivity contribution in [1.29, 1.82) is 0 Å². The Morgan fingerprint density at radius 1 is 1.15 bits per heavy atom. The molecule has 1 aliphatic rings. The third-order valence-corrected chi connectivity index (χ3v) is 3.67. The van der Waals surface area contributed by atoms with Gasteiger partial charge in [0.15, 0.2) is 0 Å². The molecule has 0 aromatic heterocycles. The fourth-order valence-corrected chi connectivity index (χ4v) is 2.21. The van der Waals surface area contributed by atoms with Crippen molar-refractivity contribution in [2.24, 2.45) is 17.6 Å². The molecule has 1 saturated heterocycles. The van der Waals surface area contributed by atoms with E-state index in [0.717, 1.165) is 25.9 Å². The summed E-state index contributed by atoms with van der Waals surface area (Å²) in [6.07, 6.45) is 1.63. The number of likely N-dealkylation sites (tertiary alicyclic amines) is 1. The minimum Gasteiger partial charge on any atom is -0.352 e. The molecule has 1 aliphatic heterocycles. The molecule has 1 rings (SSSR count). The van der Waals surface area contributed by atoms with Gasteiger partial charge < -0.3 is 16.0 Å². The number of nitrogens with one attached hydrogen (secondary N) is 1. The first-order valence-electron chi connectivity index (χ1n) is 7.17. The highest BCUT2D eigenvalue weighted by Crippen LogP contribution is 2.13. The molecule has 0 aromatic rings. The van der Waals surface area contributed by atoms with Gasteiger partial charge in [0.2, 0.25) is 11.8 Å². The molecule has 1 fully saturated rings. The van der Waals surface area contributed by atoms with E-state index in [1.165, 1.54) is 0 Å². The Morgan fingerprint density at radius 3 is 2.05 bits per heavy atom. The molecule has 0 aliphatic carbocycles. The highest BCUT2D eigenvalue weighted by atomic mass is 35.5. The molecule has 0 spiro atoms. The minimum atomic E-state index is -0.449. The van der Waals surface area contributed by atoms with Crippen LogP contribution in [0.1, 0.15) is 40.5 Å². The van der Waals surface area contributed by atoms with Gasteiger partial charge in [-0.25, -0.2) is 0 Å². The van der Waals surface area contributed by atoms with Crippen molar-refractivity contribution >= 4 is 24.2 Å². The van der Waals surface area contributed by atoms with Crippen LogP contribution in [0.3, 0.4) is 0 Å². The van der Waals surface area contributed by atoms with Gasteiger partial charge in [0.05, 0.1) is 6.04 Å². The van der Waals surface area contributed by atoms with Crippen molar-refractivity contribution in [3.05, 3.63) is 0 Å². The summed E-state index contributed by atoms with van der Waals surface area (Å²) in [5.74, 6) is 0.301. The SMILES string of the molecule is CC(C)C(=O)N1CCC(NC(=O)C(N)C(C)C)CC1.Cl. The van der Waals surface area contributed by atoms with Crippen molar-refractivity contribution in [2.75, 3.05) is 13.1 Å². The zero-order valence-electron chi connectivity index (χ0n) is 12.9. The molecule has 118 valence electrons. The summed E-state index contributed by atoms with van der Waals surface area (Å²) in [6, 6.07) is -0.302. The number of carbonyl (C=O) groups excluding carboxylic acids is 2. The van der Waals surface area contributed by atoms with E-state index in [-0.39, 0.29) is 42.1 Å². The largest absolute Gasteiger partial charge is 0.352 e. The van der Waals surface area contributed by atoms with Crippen LogP contribution in [0.15, 0.2) is 0 Å². The van der Waals surface area contributed by atoms with E-state index in [1.54, 1.807) is 0 Å². The molecule has 1 atom stereocenters. The number of hydrogen-bond acceptors (Lipinski definition) is 3. The molecule has 0 radical (unpaired) electrons. The summed E-state index contributed by atoms with van der Waals surface area (Å²) in [4.78, 5) is 25.6. The molecule has 20 heavy (non-hydrogen) atoms. The van der Waals surface area contributed by atoms with E-state index in [1.807, 2.05) is 32.6 Å². The van der Waals surface area contributed by atoms with E-state index in [9.17, 15) is 9.59 Å². The van der Waals surface area contributed by atoms with Gasteiger partial charge in [-0.2, -0.15) is 0 Å². The normalized spacial score (nSPS) is 17.9. The molecule has 3 N–H and O–H groups in total. The second kappa shape index (κ2) is 8.47. The van der Waals surface area contributed by atoms with Crippen LogP contribution in [0, 0.1) is 11.8 Å². The average Bonchev–Trinajstić information content (AvgIpc) is 2.37. The van der Waals surface area contributed by atoms with Crippen LogP contribution in [0.5, 0.6) is 0 Å². The first kappa shape index (κ1) is 19.2. The van der Waals surface area contributed by atoms with Gasteiger partial charge in [-0.3, -0.25) is 9.59 Å². The molecule has 1 unspecified atom stereocenters.